The van der Waals surface area contributed by atoms with E-state index in [-0.39, 0.29) is 0 Å². The molecule has 2 heterocycles. The topological polar surface area (TPSA) is 40.7 Å². The van der Waals surface area contributed by atoms with Crippen molar-refractivity contribution in [3.63, 3.8) is 0 Å². The largest absolute Gasteiger partial charge is 0.348 e. The maximum Gasteiger partial charge on any atom is 0.0925 e. The summed E-state index contributed by atoms with van der Waals surface area (Å²) in [7, 11) is 0. The molecule has 1 aromatic rings. The highest BCUT2D eigenvalue weighted by Crippen LogP contribution is 2.12. The first kappa shape index (κ1) is 6.85. The van der Waals surface area contributed by atoms with Crippen LogP contribution in [0.1, 0.15) is 11.4 Å². The molecule has 1 fully saturated rings. The van der Waals surface area contributed by atoms with E-state index in [1.165, 1.54) is 11.4 Å². The number of hydrogen-bond acceptors (Lipinski definition) is 2. The van der Waals surface area contributed by atoms with Gasteiger partial charge in [0.05, 0.1) is 12.0 Å². The molecule has 0 amide bonds. The summed E-state index contributed by atoms with van der Waals surface area (Å²) in [5, 5.41) is 3.26. The van der Waals surface area contributed by atoms with E-state index in [2.05, 4.69) is 22.2 Å². The Morgan fingerprint density at radius 1 is 1.64 bits per heavy atom. The van der Waals surface area contributed by atoms with Crippen molar-refractivity contribution in [2.75, 3.05) is 13.1 Å². The minimum absolute atomic E-state index is 0.817. The lowest BCUT2D eigenvalue weighted by molar-refractivity contribution is 0.344. The number of nitrogens with one attached hydrogen (secondary N) is 2. The minimum Gasteiger partial charge on any atom is -0.348 e. The summed E-state index contributed by atoms with van der Waals surface area (Å²) in [6.07, 6.45) is 2.90. The van der Waals surface area contributed by atoms with E-state index < -0.39 is 0 Å². The number of H-pyrrole nitrogens is 1. The maximum absolute atomic E-state index is 4.25. The zero-order chi connectivity index (χ0) is 7.68. The summed E-state index contributed by atoms with van der Waals surface area (Å²) in [5.41, 5.74) is 2.45. The van der Waals surface area contributed by atoms with Gasteiger partial charge in [0.2, 0.25) is 0 Å². The number of rotatable bonds is 2. The number of hydrogen-bond donors (Lipinski definition) is 2. The zero-order valence-corrected chi connectivity index (χ0v) is 6.72. The summed E-state index contributed by atoms with van der Waals surface area (Å²) in [6.45, 7) is 4.40. The molecule has 2 N–H and O–H groups in total. The van der Waals surface area contributed by atoms with Crippen LogP contribution in [0.2, 0.25) is 0 Å². The van der Waals surface area contributed by atoms with Gasteiger partial charge in [0, 0.05) is 5.69 Å². The number of imidazole rings is 1. The Labute approximate surface area is 66.2 Å². The molecule has 0 saturated carbocycles. The zero-order valence-electron chi connectivity index (χ0n) is 6.72. The van der Waals surface area contributed by atoms with Gasteiger partial charge in [0.15, 0.2) is 0 Å². The molecule has 60 valence electrons. The Balaban J connectivity index is 1.99. The molecule has 1 aliphatic rings. The highest BCUT2D eigenvalue weighted by Gasteiger charge is 2.18. The monoisotopic (exact) mass is 151 g/mol. The molecule has 1 saturated heterocycles. The highest BCUT2D eigenvalue weighted by atomic mass is 15.0. The van der Waals surface area contributed by atoms with E-state index >= 15 is 0 Å². The standard InChI is InChI=1S/C8H13N3/c1-6-8(11-5-10-6)2-7-3-9-4-7/h5,7,9H,2-4H2,1H3,(H,10,11). The molecule has 3 heteroatoms. The van der Waals surface area contributed by atoms with Gasteiger partial charge in [0.1, 0.15) is 0 Å². The van der Waals surface area contributed by atoms with Gasteiger partial charge in [-0.25, -0.2) is 4.98 Å². The fraction of sp³-hybridized carbons (Fsp3) is 0.625. The van der Waals surface area contributed by atoms with Crippen molar-refractivity contribution < 1.29 is 0 Å². The predicted molar refractivity (Wildman–Crippen MR) is 43.4 cm³/mol. The van der Waals surface area contributed by atoms with Crippen LogP contribution in [-0.2, 0) is 6.42 Å². The van der Waals surface area contributed by atoms with Crippen molar-refractivity contribution in [1.29, 1.82) is 0 Å². The van der Waals surface area contributed by atoms with E-state index in [0.717, 1.165) is 25.4 Å². The molecule has 2 rings (SSSR count). The van der Waals surface area contributed by atoms with Gasteiger partial charge in [-0.05, 0) is 32.4 Å². The summed E-state index contributed by atoms with van der Waals surface area (Å²) in [6, 6.07) is 0. The van der Waals surface area contributed by atoms with Crippen LogP contribution in [0.15, 0.2) is 6.33 Å². The Hall–Kier alpha value is -0.830. The second-order valence-electron chi connectivity index (χ2n) is 3.20. The Morgan fingerprint density at radius 2 is 2.45 bits per heavy atom. The molecular weight excluding hydrogens is 138 g/mol. The molecular formula is C8H13N3. The number of nitrogens with zero attached hydrogens (tertiary/aromatic N) is 1. The normalized spacial score (nSPS) is 18.3. The van der Waals surface area contributed by atoms with E-state index in [9.17, 15) is 0 Å². The molecule has 3 nitrogen and oxygen atoms in total. The Bertz CT molecular complexity index is 237. The van der Waals surface area contributed by atoms with Crippen molar-refractivity contribution in [2.24, 2.45) is 5.92 Å². The van der Waals surface area contributed by atoms with Gasteiger partial charge in [-0.3, -0.25) is 0 Å². The molecule has 0 aliphatic carbocycles. The molecule has 0 aromatic carbocycles. The molecule has 11 heavy (non-hydrogen) atoms. The third-order valence-corrected chi connectivity index (χ3v) is 2.28. The van der Waals surface area contributed by atoms with E-state index in [1.807, 2.05) is 0 Å². The van der Waals surface area contributed by atoms with Crippen LogP contribution in [0.4, 0.5) is 0 Å². The lowest BCUT2D eigenvalue weighted by Crippen LogP contribution is -2.43. The average molecular weight is 151 g/mol. The molecule has 0 atom stereocenters. The molecule has 1 aliphatic heterocycles. The summed E-state index contributed by atoms with van der Waals surface area (Å²) in [4.78, 5) is 7.34. The van der Waals surface area contributed by atoms with Gasteiger partial charge in [-0.1, -0.05) is 0 Å². The molecule has 0 spiro atoms. The lowest BCUT2D eigenvalue weighted by Gasteiger charge is -2.26. The van der Waals surface area contributed by atoms with Crippen molar-refractivity contribution in [3.8, 4) is 0 Å². The number of aromatic amines is 1. The van der Waals surface area contributed by atoms with E-state index in [4.69, 9.17) is 0 Å². The van der Waals surface area contributed by atoms with Crippen LogP contribution in [0.3, 0.4) is 0 Å². The summed E-state index contributed by atoms with van der Waals surface area (Å²) in [5.74, 6) is 0.817. The Kier molecular flexibility index (Phi) is 1.66. The summed E-state index contributed by atoms with van der Waals surface area (Å²) < 4.78 is 0. The van der Waals surface area contributed by atoms with Crippen molar-refractivity contribution in [1.82, 2.24) is 15.3 Å². The van der Waals surface area contributed by atoms with Crippen molar-refractivity contribution in [2.45, 2.75) is 13.3 Å². The second-order valence-corrected chi connectivity index (χ2v) is 3.20. The van der Waals surface area contributed by atoms with Gasteiger partial charge in [-0.2, -0.15) is 0 Å². The predicted octanol–water partition coefficient (Wildman–Crippen LogP) is 0.480. The molecule has 0 unspecified atom stereocenters. The highest BCUT2D eigenvalue weighted by molar-refractivity contribution is 5.10. The first-order valence-electron chi connectivity index (χ1n) is 4.06. The minimum atomic E-state index is 0.817. The third kappa shape index (κ3) is 1.28. The second kappa shape index (κ2) is 2.66. The Morgan fingerprint density at radius 3 is 2.91 bits per heavy atom. The van der Waals surface area contributed by atoms with E-state index in [1.54, 1.807) is 6.33 Å². The van der Waals surface area contributed by atoms with Gasteiger partial charge >= 0.3 is 0 Å². The van der Waals surface area contributed by atoms with Gasteiger partial charge < -0.3 is 10.3 Å². The fourth-order valence-corrected chi connectivity index (χ4v) is 1.36. The average Bonchev–Trinajstić information content (AvgIpc) is 2.27. The number of aromatic nitrogens is 2. The van der Waals surface area contributed by atoms with Crippen LogP contribution in [0, 0.1) is 12.8 Å². The van der Waals surface area contributed by atoms with Crippen molar-refractivity contribution >= 4 is 0 Å². The molecule has 0 radical (unpaired) electrons. The first-order valence-corrected chi connectivity index (χ1v) is 4.06. The summed E-state index contributed by atoms with van der Waals surface area (Å²) >= 11 is 0. The van der Waals surface area contributed by atoms with Crippen molar-refractivity contribution in [3.05, 3.63) is 17.7 Å². The van der Waals surface area contributed by atoms with Crippen LogP contribution in [0.25, 0.3) is 0 Å². The van der Waals surface area contributed by atoms with Crippen LogP contribution in [0.5, 0.6) is 0 Å². The molecule has 0 bridgehead atoms. The van der Waals surface area contributed by atoms with Gasteiger partial charge in [-0.15, -0.1) is 0 Å². The number of aryl methyl sites for hydroxylation is 1. The van der Waals surface area contributed by atoms with Gasteiger partial charge in [0.25, 0.3) is 0 Å². The molecule has 1 aromatic heterocycles. The lowest BCUT2D eigenvalue weighted by atomic mass is 9.97. The quantitative estimate of drug-likeness (QED) is 0.645. The van der Waals surface area contributed by atoms with Crippen LogP contribution in [-0.4, -0.2) is 23.1 Å². The fourth-order valence-electron chi connectivity index (χ4n) is 1.36. The third-order valence-electron chi connectivity index (χ3n) is 2.28. The smallest absolute Gasteiger partial charge is 0.0925 e. The maximum atomic E-state index is 4.25. The van der Waals surface area contributed by atoms with Crippen LogP contribution >= 0.6 is 0 Å². The first-order chi connectivity index (χ1) is 5.36. The van der Waals surface area contributed by atoms with E-state index in [0.29, 0.717) is 0 Å². The SMILES string of the molecule is Cc1[nH]cnc1CC1CNC1. The van der Waals surface area contributed by atoms with Crippen LogP contribution < -0.4 is 5.32 Å².